The summed E-state index contributed by atoms with van der Waals surface area (Å²) in [6.07, 6.45) is 3.96. The summed E-state index contributed by atoms with van der Waals surface area (Å²) in [5, 5.41) is 18.5. The third kappa shape index (κ3) is 2.52. The van der Waals surface area contributed by atoms with Crippen LogP contribution in [-0.4, -0.2) is 23.4 Å². The molecule has 0 saturated heterocycles. The van der Waals surface area contributed by atoms with E-state index in [1.54, 1.807) is 0 Å². The van der Waals surface area contributed by atoms with Crippen molar-refractivity contribution in [2.75, 3.05) is 13.2 Å². The van der Waals surface area contributed by atoms with Gasteiger partial charge in [-0.3, -0.25) is 0 Å². The van der Waals surface area contributed by atoms with Crippen molar-refractivity contribution in [3.8, 4) is 0 Å². The lowest BCUT2D eigenvalue weighted by Crippen LogP contribution is -2.19. The Morgan fingerprint density at radius 1 is 1.06 bits per heavy atom. The maximum atomic E-state index is 9.26. The fourth-order valence-electron chi connectivity index (χ4n) is 2.38. The van der Waals surface area contributed by atoms with E-state index in [1.165, 1.54) is 11.1 Å². The Bertz CT molecular complexity index is 356. The first-order chi connectivity index (χ1) is 7.83. The van der Waals surface area contributed by atoms with Crippen LogP contribution in [-0.2, 0) is 0 Å². The van der Waals surface area contributed by atoms with E-state index in [2.05, 4.69) is 18.2 Å². The number of aliphatic hydroxyl groups excluding tert-OH is 2. The minimum Gasteiger partial charge on any atom is -0.396 e. The van der Waals surface area contributed by atoms with Crippen LogP contribution in [0.4, 0.5) is 0 Å². The van der Waals surface area contributed by atoms with E-state index in [0.717, 1.165) is 12.8 Å². The lowest BCUT2D eigenvalue weighted by Gasteiger charge is -2.26. The van der Waals surface area contributed by atoms with Gasteiger partial charge in [-0.05, 0) is 29.9 Å². The number of hydrogen-bond acceptors (Lipinski definition) is 2. The van der Waals surface area contributed by atoms with Gasteiger partial charge < -0.3 is 10.2 Å². The quantitative estimate of drug-likeness (QED) is 0.815. The van der Waals surface area contributed by atoms with Crippen LogP contribution < -0.4 is 0 Å². The van der Waals surface area contributed by atoms with Crippen molar-refractivity contribution in [3.05, 3.63) is 42.0 Å². The summed E-state index contributed by atoms with van der Waals surface area (Å²) >= 11 is 0. The zero-order valence-electron chi connectivity index (χ0n) is 9.34. The Balaban J connectivity index is 2.22. The fraction of sp³-hybridized carbons (Fsp3) is 0.429. The molecule has 0 bridgehead atoms. The molecule has 2 heteroatoms. The van der Waals surface area contributed by atoms with Crippen molar-refractivity contribution in [1.82, 2.24) is 0 Å². The van der Waals surface area contributed by atoms with Crippen LogP contribution in [0.15, 0.2) is 36.4 Å². The van der Waals surface area contributed by atoms with E-state index < -0.39 is 0 Å². The molecule has 16 heavy (non-hydrogen) atoms. The number of rotatable bonds is 3. The number of hydrogen-bond donors (Lipinski definition) is 2. The number of allylic oxidation sites excluding steroid dienone is 1. The molecule has 1 aliphatic carbocycles. The first-order valence-electron chi connectivity index (χ1n) is 5.81. The van der Waals surface area contributed by atoms with Crippen molar-refractivity contribution in [3.63, 3.8) is 0 Å². The molecule has 2 rings (SSSR count). The molecule has 1 aromatic carbocycles. The average molecular weight is 218 g/mol. The summed E-state index contributed by atoms with van der Waals surface area (Å²) in [5.41, 5.74) is 2.46. The maximum absolute atomic E-state index is 9.26. The van der Waals surface area contributed by atoms with Gasteiger partial charge >= 0.3 is 0 Å². The summed E-state index contributed by atoms with van der Waals surface area (Å²) in [4.78, 5) is 0. The van der Waals surface area contributed by atoms with E-state index >= 15 is 0 Å². The van der Waals surface area contributed by atoms with E-state index in [9.17, 15) is 10.2 Å². The highest BCUT2D eigenvalue weighted by molar-refractivity contribution is 5.66. The Morgan fingerprint density at radius 2 is 1.81 bits per heavy atom. The lowest BCUT2D eigenvalue weighted by molar-refractivity contribution is 0.175. The molecule has 0 aromatic heterocycles. The number of benzene rings is 1. The topological polar surface area (TPSA) is 40.5 Å². The van der Waals surface area contributed by atoms with Crippen LogP contribution in [0.2, 0.25) is 0 Å². The highest BCUT2D eigenvalue weighted by Gasteiger charge is 2.21. The smallest absolute Gasteiger partial charge is 0.0494 e. The normalized spacial score (nSPS) is 25.2. The third-order valence-corrected chi connectivity index (χ3v) is 3.22. The second-order valence-corrected chi connectivity index (χ2v) is 4.49. The first kappa shape index (κ1) is 11.4. The molecule has 2 nitrogen and oxygen atoms in total. The van der Waals surface area contributed by atoms with E-state index in [0.29, 0.717) is 0 Å². The van der Waals surface area contributed by atoms with Crippen molar-refractivity contribution in [1.29, 1.82) is 0 Å². The first-order valence-corrected chi connectivity index (χ1v) is 5.81. The molecule has 0 aliphatic heterocycles. The van der Waals surface area contributed by atoms with Gasteiger partial charge in [0.15, 0.2) is 0 Å². The van der Waals surface area contributed by atoms with Gasteiger partial charge in [-0.2, -0.15) is 0 Å². The van der Waals surface area contributed by atoms with Gasteiger partial charge in [0.2, 0.25) is 0 Å². The monoisotopic (exact) mass is 218 g/mol. The molecule has 2 atom stereocenters. The average Bonchev–Trinajstić information content (AvgIpc) is 2.39. The Morgan fingerprint density at radius 3 is 2.44 bits per heavy atom. The molecule has 0 heterocycles. The van der Waals surface area contributed by atoms with Crippen LogP contribution in [0.25, 0.3) is 5.57 Å². The van der Waals surface area contributed by atoms with Gasteiger partial charge in [0.05, 0.1) is 0 Å². The van der Waals surface area contributed by atoms with E-state index in [4.69, 9.17) is 0 Å². The standard InChI is InChI=1S/C14H18O2/c15-9-11-6-12(10-16)8-14(7-11)13-4-2-1-3-5-13/h1-5,7,11-12,15-16H,6,8-10H2. The summed E-state index contributed by atoms with van der Waals surface area (Å²) < 4.78 is 0. The van der Waals surface area contributed by atoms with E-state index in [1.807, 2.05) is 18.2 Å². The molecule has 2 N–H and O–H groups in total. The molecule has 0 amide bonds. The van der Waals surface area contributed by atoms with Gasteiger partial charge in [0, 0.05) is 19.1 Å². The van der Waals surface area contributed by atoms with Crippen molar-refractivity contribution in [2.24, 2.45) is 11.8 Å². The summed E-state index contributed by atoms with van der Waals surface area (Å²) in [5.74, 6) is 0.485. The summed E-state index contributed by atoms with van der Waals surface area (Å²) in [6.45, 7) is 0.382. The minimum atomic E-state index is 0.173. The van der Waals surface area contributed by atoms with Gasteiger partial charge in [-0.15, -0.1) is 0 Å². The highest BCUT2D eigenvalue weighted by Crippen LogP contribution is 2.33. The van der Waals surface area contributed by atoms with Crippen LogP contribution >= 0.6 is 0 Å². The largest absolute Gasteiger partial charge is 0.396 e. The van der Waals surface area contributed by atoms with Crippen molar-refractivity contribution < 1.29 is 10.2 Å². The molecule has 1 aliphatic rings. The highest BCUT2D eigenvalue weighted by atomic mass is 16.3. The molecule has 0 saturated carbocycles. The summed E-state index contributed by atoms with van der Waals surface area (Å²) in [7, 11) is 0. The molecular weight excluding hydrogens is 200 g/mol. The zero-order chi connectivity index (χ0) is 11.4. The molecular formula is C14H18O2. The lowest BCUT2D eigenvalue weighted by atomic mass is 9.81. The Kier molecular flexibility index (Phi) is 3.75. The van der Waals surface area contributed by atoms with Gasteiger partial charge in [-0.25, -0.2) is 0 Å². The van der Waals surface area contributed by atoms with Crippen LogP contribution in [0.1, 0.15) is 18.4 Å². The Hall–Kier alpha value is -1.12. The number of aliphatic hydroxyl groups is 2. The molecule has 0 spiro atoms. The van der Waals surface area contributed by atoms with Gasteiger partial charge in [-0.1, -0.05) is 36.4 Å². The predicted molar refractivity (Wildman–Crippen MR) is 64.8 cm³/mol. The van der Waals surface area contributed by atoms with Crippen molar-refractivity contribution >= 4 is 5.57 Å². The second-order valence-electron chi connectivity index (χ2n) is 4.49. The van der Waals surface area contributed by atoms with E-state index in [-0.39, 0.29) is 25.0 Å². The second kappa shape index (κ2) is 5.28. The van der Waals surface area contributed by atoms with Crippen LogP contribution in [0.3, 0.4) is 0 Å². The molecule has 86 valence electrons. The SMILES string of the molecule is OCC1C=C(c2ccccc2)CC(CO)C1. The summed E-state index contributed by atoms with van der Waals surface area (Å²) in [6, 6.07) is 10.2. The predicted octanol–water partition coefficient (Wildman–Crippen LogP) is 2.08. The fourth-order valence-corrected chi connectivity index (χ4v) is 2.38. The van der Waals surface area contributed by atoms with Gasteiger partial charge in [0.1, 0.15) is 0 Å². The Labute approximate surface area is 96.2 Å². The van der Waals surface area contributed by atoms with Crippen LogP contribution in [0.5, 0.6) is 0 Å². The molecule has 0 fully saturated rings. The minimum absolute atomic E-state index is 0.173. The molecule has 2 unspecified atom stereocenters. The maximum Gasteiger partial charge on any atom is 0.0494 e. The zero-order valence-corrected chi connectivity index (χ0v) is 9.34. The van der Waals surface area contributed by atoms with Crippen molar-refractivity contribution in [2.45, 2.75) is 12.8 Å². The molecule has 0 radical (unpaired) electrons. The van der Waals surface area contributed by atoms with Crippen LogP contribution in [0, 0.1) is 11.8 Å². The third-order valence-electron chi connectivity index (χ3n) is 3.22. The van der Waals surface area contributed by atoms with Gasteiger partial charge in [0.25, 0.3) is 0 Å². The molecule has 1 aromatic rings.